The van der Waals surface area contributed by atoms with E-state index in [1.165, 1.54) is 28.4 Å². The smallest absolute Gasteiger partial charge is 0.490 e. The van der Waals surface area contributed by atoms with Crippen molar-refractivity contribution in [3.05, 3.63) is 53.2 Å². The molecule has 26 heavy (non-hydrogen) atoms. The normalized spacial score (nSPS) is 20.1. The van der Waals surface area contributed by atoms with Gasteiger partial charge in [0, 0.05) is 5.56 Å². The summed E-state index contributed by atoms with van der Waals surface area (Å²) in [5, 5.41) is 14.2. The van der Waals surface area contributed by atoms with Crippen LogP contribution in [-0.4, -0.2) is 34.4 Å². The van der Waals surface area contributed by atoms with Crippen LogP contribution in [0.5, 0.6) is 5.75 Å². The first-order chi connectivity index (χ1) is 12.5. The molecule has 1 unspecified atom stereocenters. The number of hydrogen-bond acceptors (Lipinski definition) is 7. The molecule has 2 aromatic carbocycles. The van der Waals surface area contributed by atoms with E-state index >= 15 is 0 Å². The summed E-state index contributed by atoms with van der Waals surface area (Å²) in [6.07, 6.45) is 0. The monoisotopic (exact) mass is 378 g/mol. The van der Waals surface area contributed by atoms with Crippen molar-refractivity contribution in [2.24, 2.45) is 0 Å². The van der Waals surface area contributed by atoms with Crippen LogP contribution < -0.4 is 9.63 Å². The number of esters is 1. The van der Waals surface area contributed by atoms with Crippen molar-refractivity contribution in [2.45, 2.75) is 5.92 Å². The average Bonchev–Trinajstić information content (AvgIpc) is 2.70. The number of benzene rings is 2. The second-order valence-electron chi connectivity index (χ2n) is 5.49. The van der Waals surface area contributed by atoms with Gasteiger partial charge < -0.3 is 14.6 Å². The topological polar surface area (TPSA) is 86.3 Å². The van der Waals surface area contributed by atoms with Gasteiger partial charge in [-0.3, -0.25) is 9.32 Å². The molecule has 7 nitrogen and oxygen atoms in total. The third-order valence-electron chi connectivity index (χ3n) is 4.32. The van der Waals surface area contributed by atoms with Gasteiger partial charge in [0.1, 0.15) is 5.95 Å². The Morgan fingerprint density at radius 2 is 1.73 bits per heavy atom. The molecule has 0 amide bonds. The lowest BCUT2D eigenvalue weighted by molar-refractivity contribution is -0.354. The van der Waals surface area contributed by atoms with Gasteiger partial charge in [-0.15, -0.1) is 0 Å². The number of carbonyl (C=O) groups is 1. The van der Waals surface area contributed by atoms with Crippen LogP contribution in [0.4, 0.5) is 0 Å². The Labute approximate surface area is 151 Å². The Morgan fingerprint density at radius 3 is 2.35 bits per heavy atom. The molecule has 0 saturated carbocycles. The van der Waals surface area contributed by atoms with E-state index in [2.05, 4.69) is 0 Å². The molecule has 1 aliphatic rings. The molecule has 0 spiro atoms. The molecule has 0 bridgehead atoms. The minimum absolute atomic E-state index is 0.0271. The summed E-state index contributed by atoms with van der Waals surface area (Å²) < 4.78 is 26.9. The summed E-state index contributed by atoms with van der Waals surface area (Å²) in [5.41, 5.74) is 0.528. The van der Waals surface area contributed by atoms with Crippen molar-refractivity contribution < 1.29 is 32.9 Å². The first-order valence-corrected chi connectivity index (χ1v) is 9.32. The molecular formula is C18H19O7P. The molecule has 0 aromatic heterocycles. The Kier molecular flexibility index (Phi) is 5.05. The van der Waals surface area contributed by atoms with E-state index in [1.54, 1.807) is 6.07 Å². The summed E-state index contributed by atoms with van der Waals surface area (Å²) in [6.45, 7) is 0. The van der Waals surface area contributed by atoms with Crippen molar-refractivity contribution in [1.29, 1.82) is 0 Å². The van der Waals surface area contributed by atoms with Crippen molar-refractivity contribution in [3.8, 4) is 5.75 Å². The van der Waals surface area contributed by atoms with Crippen molar-refractivity contribution in [3.63, 3.8) is 0 Å². The van der Waals surface area contributed by atoms with E-state index in [1.807, 2.05) is 30.3 Å². The van der Waals surface area contributed by atoms with Crippen molar-refractivity contribution in [1.82, 2.24) is 0 Å². The molecule has 8 heteroatoms. The Balaban J connectivity index is 2.42. The van der Waals surface area contributed by atoms with Gasteiger partial charge in [-0.05, 0) is 23.9 Å². The van der Waals surface area contributed by atoms with Gasteiger partial charge in [-0.1, -0.05) is 30.3 Å². The van der Waals surface area contributed by atoms with Crippen LogP contribution >= 0.6 is 7.94 Å². The highest BCUT2D eigenvalue weighted by Crippen LogP contribution is 2.74. The number of ether oxygens (including phenoxy) is 2. The first-order valence-electron chi connectivity index (χ1n) is 7.78. The van der Waals surface area contributed by atoms with E-state index in [0.29, 0.717) is 11.3 Å². The summed E-state index contributed by atoms with van der Waals surface area (Å²) in [6, 6.07) is 11.1. The third-order valence-corrected chi connectivity index (χ3v) is 6.75. The van der Waals surface area contributed by atoms with Gasteiger partial charge >= 0.3 is 13.9 Å². The van der Waals surface area contributed by atoms with Gasteiger partial charge in [-0.25, -0.2) is 0 Å². The predicted molar refractivity (Wildman–Crippen MR) is 94.3 cm³/mol. The Hall–Kier alpha value is -2.34. The molecule has 0 radical (unpaired) electrons. The molecule has 3 rings (SSSR count). The average molecular weight is 378 g/mol. The van der Waals surface area contributed by atoms with E-state index in [4.69, 9.17) is 23.0 Å². The summed E-state index contributed by atoms with van der Waals surface area (Å²) in [7, 11) is 1.88. The van der Waals surface area contributed by atoms with Gasteiger partial charge in [0.25, 0.3) is 0 Å². The number of hydrogen-bond donors (Lipinski definition) is 0. The number of fused-ring (bicyclic) bond motifs is 3. The molecule has 0 saturated heterocycles. The largest absolute Gasteiger partial charge is 0.614 e. The zero-order valence-electron chi connectivity index (χ0n) is 14.8. The van der Waals surface area contributed by atoms with E-state index in [9.17, 15) is 9.90 Å². The third kappa shape index (κ3) is 2.69. The highest BCUT2D eigenvalue weighted by atomic mass is 31.2. The lowest BCUT2D eigenvalue weighted by atomic mass is 9.91. The maximum absolute atomic E-state index is 12.7. The molecule has 0 N–H and O–H groups in total. The Bertz CT molecular complexity index is 873. The summed E-state index contributed by atoms with van der Waals surface area (Å²) in [5.74, 6) is -2.01. The van der Waals surface area contributed by atoms with Gasteiger partial charge in [-0.2, -0.15) is 9.05 Å². The molecule has 1 atom stereocenters. The second-order valence-corrected chi connectivity index (χ2v) is 7.88. The van der Waals surface area contributed by atoms with Crippen molar-refractivity contribution in [2.75, 3.05) is 28.4 Å². The van der Waals surface area contributed by atoms with E-state index in [-0.39, 0.29) is 5.31 Å². The minimum Gasteiger partial charge on any atom is -0.614 e. The van der Waals surface area contributed by atoms with Crippen LogP contribution in [0.1, 0.15) is 11.5 Å². The summed E-state index contributed by atoms with van der Waals surface area (Å²) >= 11 is 0. The molecule has 0 aliphatic carbocycles. The van der Waals surface area contributed by atoms with E-state index < -0.39 is 25.8 Å². The second kappa shape index (κ2) is 7.11. The summed E-state index contributed by atoms with van der Waals surface area (Å²) in [4.78, 5) is 12.7. The lowest BCUT2D eigenvalue weighted by Crippen LogP contribution is -2.30. The van der Waals surface area contributed by atoms with Crippen LogP contribution in [-0.2, 0) is 23.3 Å². The van der Waals surface area contributed by atoms with Crippen LogP contribution in [0.15, 0.2) is 47.7 Å². The SMILES string of the molecule is COC(=O)C1/C(=C(\[O-])OC)[P+](OC)(OC)Oc2ccc3ccccc3c21. The van der Waals surface area contributed by atoms with Gasteiger partial charge in [0.2, 0.25) is 5.31 Å². The lowest BCUT2D eigenvalue weighted by Gasteiger charge is -2.33. The quantitative estimate of drug-likeness (QED) is 0.459. The molecular weight excluding hydrogens is 359 g/mol. The standard InChI is InChI=1S/C18H19O7P/c1-21-17(19)15-14-12-8-6-5-7-11(12)9-10-13(14)25-26(23-3,24-4)16(15)18(20)22-2/h5-10,15H,1-4H3/b18-16-. The highest BCUT2D eigenvalue weighted by Gasteiger charge is 2.61. The van der Waals surface area contributed by atoms with Crippen LogP contribution in [0.25, 0.3) is 10.8 Å². The fourth-order valence-corrected chi connectivity index (χ4v) is 5.23. The minimum atomic E-state index is -3.33. The van der Waals surface area contributed by atoms with Crippen molar-refractivity contribution >= 4 is 24.7 Å². The number of carbonyl (C=O) groups excluding carboxylic acids is 1. The maximum Gasteiger partial charge on any atom is 0.490 e. The predicted octanol–water partition coefficient (Wildman–Crippen LogP) is 2.72. The maximum atomic E-state index is 12.7. The first kappa shape index (κ1) is 18.5. The zero-order valence-corrected chi connectivity index (χ0v) is 15.7. The molecule has 2 aromatic rings. The highest BCUT2D eigenvalue weighted by molar-refractivity contribution is 7.66. The van der Waals surface area contributed by atoms with Gasteiger partial charge in [0.15, 0.2) is 11.7 Å². The van der Waals surface area contributed by atoms with Crippen LogP contribution in [0, 0.1) is 0 Å². The number of rotatable bonds is 4. The molecule has 1 aliphatic heterocycles. The number of methoxy groups -OCH3 is 2. The van der Waals surface area contributed by atoms with E-state index in [0.717, 1.165) is 10.8 Å². The molecule has 1 heterocycles. The van der Waals surface area contributed by atoms with Crippen LogP contribution in [0.3, 0.4) is 0 Å². The fraction of sp³-hybridized carbons (Fsp3) is 0.278. The fourth-order valence-electron chi connectivity index (χ4n) is 3.15. The zero-order chi connectivity index (χ0) is 18.9. The van der Waals surface area contributed by atoms with Crippen LogP contribution in [0.2, 0.25) is 0 Å². The molecule has 0 fully saturated rings. The molecule has 138 valence electrons. The Morgan fingerprint density at radius 1 is 1.04 bits per heavy atom. The van der Waals surface area contributed by atoms with Gasteiger partial charge in [0.05, 0.1) is 21.3 Å².